The molecule has 0 saturated heterocycles. The highest BCUT2D eigenvalue weighted by Gasteiger charge is 2.60. The number of para-hydroxylation sites is 1. The number of carbonyl (C=O) groups excluding carboxylic acids is 1. The van der Waals surface area contributed by atoms with Crippen LogP contribution < -0.4 is 14.5 Å². The molecule has 6 nitrogen and oxygen atoms in total. The molecule has 1 spiro atoms. The number of alkyl halides is 3. The van der Waals surface area contributed by atoms with Gasteiger partial charge >= 0.3 is 12.1 Å². The quantitative estimate of drug-likeness (QED) is 0.490. The fourth-order valence-corrected chi connectivity index (χ4v) is 4.57. The highest BCUT2D eigenvalue weighted by atomic mass is 19.4. The van der Waals surface area contributed by atoms with Gasteiger partial charge in [0.1, 0.15) is 0 Å². The van der Waals surface area contributed by atoms with Gasteiger partial charge < -0.3 is 14.2 Å². The molecule has 34 heavy (non-hydrogen) atoms. The van der Waals surface area contributed by atoms with Crippen molar-refractivity contribution in [2.75, 3.05) is 25.8 Å². The van der Waals surface area contributed by atoms with Gasteiger partial charge in [-0.25, -0.2) is 0 Å². The third kappa shape index (κ3) is 4.69. The number of esters is 1. The fourth-order valence-electron chi connectivity index (χ4n) is 4.57. The van der Waals surface area contributed by atoms with Crippen molar-refractivity contribution in [2.24, 2.45) is 16.4 Å². The van der Waals surface area contributed by atoms with Crippen LogP contribution in [0.2, 0.25) is 0 Å². The summed E-state index contributed by atoms with van der Waals surface area (Å²) in [5.41, 5.74) is 2.29. The summed E-state index contributed by atoms with van der Waals surface area (Å²) in [5.74, 6) is -0.402. The lowest BCUT2D eigenvalue weighted by molar-refractivity contribution is -0.189. The Morgan fingerprint density at radius 2 is 1.79 bits per heavy atom. The van der Waals surface area contributed by atoms with E-state index in [1.807, 2.05) is 53.5 Å². The normalized spacial score (nSPS) is 19.5. The number of hydrazone groups is 1. The average molecular weight is 476 g/mol. The van der Waals surface area contributed by atoms with Gasteiger partial charge in [-0.2, -0.15) is 18.3 Å². The van der Waals surface area contributed by atoms with Crippen molar-refractivity contribution < 1.29 is 32.2 Å². The summed E-state index contributed by atoms with van der Waals surface area (Å²) in [4.78, 5) is 12.3. The summed E-state index contributed by atoms with van der Waals surface area (Å²) in [6.07, 6.45) is -2.52. The van der Waals surface area contributed by atoms with E-state index in [4.69, 9.17) is 14.6 Å². The molecule has 1 heterocycles. The lowest BCUT2D eigenvalue weighted by atomic mass is 9.83. The number of methoxy groups -OCH3 is 2. The second-order valence-corrected chi connectivity index (χ2v) is 8.73. The topological polar surface area (TPSA) is 60.4 Å². The van der Waals surface area contributed by atoms with Crippen LogP contribution in [0.4, 0.5) is 18.9 Å². The zero-order valence-corrected chi connectivity index (χ0v) is 19.3. The highest BCUT2D eigenvalue weighted by molar-refractivity contribution is 6.09. The number of rotatable bonds is 8. The molecule has 0 radical (unpaired) electrons. The maximum absolute atomic E-state index is 12.5. The summed E-state index contributed by atoms with van der Waals surface area (Å²) in [7, 11) is 3.14. The molecule has 0 N–H and O–H groups in total. The third-order valence-electron chi connectivity index (χ3n) is 6.44. The second kappa shape index (κ2) is 9.19. The largest absolute Gasteiger partial charge is 0.493 e. The van der Waals surface area contributed by atoms with Gasteiger partial charge in [0.05, 0.1) is 37.6 Å². The number of nitrogens with zero attached hydrogens (tertiary/aromatic N) is 2. The first-order valence-electron chi connectivity index (χ1n) is 11.1. The Hall–Kier alpha value is -3.23. The van der Waals surface area contributed by atoms with E-state index in [0.717, 1.165) is 29.8 Å². The van der Waals surface area contributed by atoms with E-state index in [-0.39, 0.29) is 11.5 Å². The number of hydrogen-bond acceptors (Lipinski definition) is 6. The van der Waals surface area contributed by atoms with Crippen molar-refractivity contribution in [1.29, 1.82) is 0 Å². The van der Waals surface area contributed by atoms with Gasteiger partial charge in [0, 0.05) is 11.0 Å². The minimum atomic E-state index is -4.56. The van der Waals surface area contributed by atoms with Crippen LogP contribution >= 0.6 is 0 Å². The van der Waals surface area contributed by atoms with E-state index >= 15 is 0 Å². The minimum Gasteiger partial charge on any atom is -0.493 e. The molecule has 1 aliphatic heterocycles. The molecule has 0 aromatic heterocycles. The molecule has 2 aromatic carbocycles. The average Bonchev–Trinajstić information content (AvgIpc) is 3.56. The van der Waals surface area contributed by atoms with Crippen LogP contribution in [0.5, 0.6) is 11.5 Å². The maximum Gasteiger partial charge on any atom is 0.422 e. The van der Waals surface area contributed by atoms with E-state index in [1.165, 1.54) is 0 Å². The minimum absolute atomic E-state index is 0.202. The second-order valence-electron chi connectivity index (χ2n) is 8.73. The molecular weight excluding hydrogens is 449 g/mol. The van der Waals surface area contributed by atoms with E-state index in [2.05, 4.69) is 4.74 Å². The molecule has 1 fully saturated rings. The molecule has 2 unspecified atom stereocenters. The van der Waals surface area contributed by atoms with Gasteiger partial charge in [0.25, 0.3) is 0 Å². The van der Waals surface area contributed by atoms with Crippen LogP contribution in [0.15, 0.2) is 53.6 Å². The highest BCUT2D eigenvalue weighted by Crippen LogP contribution is 2.59. The van der Waals surface area contributed by atoms with Crippen molar-refractivity contribution >= 4 is 17.4 Å². The van der Waals surface area contributed by atoms with E-state index in [0.29, 0.717) is 17.9 Å². The molecule has 4 rings (SSSR count). The summed E-state index contributed by atoms with van der Waals surface area (Å²) in [6, 6.07) is 15.0. The van der Waals surface area contributed by atoms with Crippen molar-refractivity contribution in [1.82, 2.24) is 0 Å². The van der Waals surface area contributed by atoms with E-state index in [9.17, 15) is 18.0 Å². The van der Waals surface area contributed by atoms with Gasteiger partial charge in [-0.3, -0.25) is 9.80 Å². The molecule has 1 saturated carbocycles. The van der Waals surface area contributed by atoms with Crippen LogP contribution in [0.1, 0.15) is 31.7 Å². The van der Waals surface area contributed by atoms with Crippen molar-refractivity contribution in [3.05, 3.63) is 54.1 Å². The lowest BCUT2D eigenvalue weighted by Gasteiger charge is -2.30. The molecule has 1 aliphatic carbocycles. The molecule has 2 atom stereocenters. The smallest absolute Gasteiger partial charge is 0.422 e. The monoisotopic (exact) mass is 476 g/mol. The molecule has 2 aliphatic rings. The number of benzene rings is 2. The Morgan fingerprint density at radius 3 is 2.38 bits per heavy atom. The number of carbonyl (C=O) groups is 1. The van der Waals surface area contributed by atoms with Gasteiger partial charge in [-0.1, -0.05) is 25.1 Å². The molecule has 0 bridgehead atoms. The summed E-state index contributed by atoms with van der Waals surface area (Å²) in [6.45, 7) is 0.0220. The summed E-state index contributed by atoms with van der Waals surface area (Å²) < 4.78 is 52.9. The maximum atomic E-state index is 12.5. The number of hydrogen-bond donors (Lipinski definition) is 0. The first-order valence-corrected chi connectivity index (χ1v) is 11.1. The Kier molecular flexibility index (Phi) is 6.47. The Morgan fingerprint density at radius 1 is 1.12 bits per heavy atom. The third-order valence-corrected chi connectivity index (χ3v) is 6.44. The molecular formula is C25H27F3N2O4. The molecule has 182 valence electrons. The Bertz CT molecular complexity index is 1070. The SMILES string of the molecule is COc1ccc(C2=NN(c3ccccc3)C(CC(C)C(=O)OCC(F)(F)F)C23CC3)cc1OC. The van der Waals surface area contributed by atoms with Crippen molar-refractivity contribution in [3.63, 3.8) is 0 Å². The van der Waals surface area contributed by atoms with Crippen LogP contribution in [0.3, 0.4) is 0 Å². The standard InChI is InChI=1S/C25H27F3N2O4/c1-16(23(31)34-15-25(26,27)28)13-21-24(11-12-24)22(29-30(21)18-7-5-4-6-8-18)17-9-10-19(32-2)20(14-17)33-3/h4-10,14,16,21H,11-13,15H2,1-3H3. The number of anilines is 1. The van der Waals surface area contributed by atoms with Gasteiger partial charge in [0.2, 0.25) is 0 Å². The van der Waals surface area contributed by atoms with Crippen molar-refractivity contribution in [3.8, 4) is 11.5 Å². The van der Waals surface area contributed by atoms with Crippen LogP contribution in [-0.2, 0) is 9.53 Å². The van der Waals surface area contributed by atoms with Crippen LogP contribution in [-0.4, -0.2) is 44.7 Å². The predicted octanol–water partition coefficient (Wildman–Crippen LogP) is 5.21. The predicted molar refractivity (Wildman–Crippen MR) is 121 cm³/mol. The fraction of sp³-hybridized carbons (Fsp3) is 0.440. The number of ether oxygens (including phenoxy) is 3. The molecule has 9 heteroatoms. The Labute approximate surface area is 196 Å². The zero-order valence-electron chi connectivity index (χ0n) is 19.3. The van der Waals surface area contributed by atoms with Gasteiger partial charge in [-0.15, -0.1) is 0 Å². The molecule has 0 amide bonds. The first-order chi connectivity index (χ1) is 16.2. The first kappa shape index (κ1) is 23.9. The van der Waals surface area contributed by atoms with E-state index in [1.54, 1.807) is 21.1 Å². The zero-order chi connectivity index (χ0) is 24.5. The van der Waals surface area contributed by atoms with E-state index < -0.39 is 24.7 Å². The van der Waals surface area contributed by atoms with Gasteiger partial charge in [0.15, 0.2) is 18.1 Å². The molecule has 2 aromatic rings. The lowest BCUT2D eigenvalue weighted by Crippen LogP contribution is -2.38. The van der Waals surface area contributed by atoms with Crippen molar-refractivity contribution in [2.45, 2.75) is 38.4 Å². The van der Waals surface area contributed by atoms with Gasteiger partial charge in [-0.05, 0) is 49.6 Å². The summed E-state index contributed by atoms with van der Waals surface area (Å²) in [5, 5.41) is 6.87. The van der Waals surface area contributed by atoms with Crippen LogP contribution in [0, 0.1) is 11.3 Å². The number of halogens is 3. The van der Waals surface area contributed by atoms with Crippen LogP contribution in [0.25, 0.3) is 0 Å². The summed E-state index contributed by atoms with van der Waals surface area (Å²) >= 11 is 0. The Balaban J connectivity index is 1.65.